The van der Waals surface area contributed by atoms with Gasteiger partial charge in [-0.15, -0.1) is 5.10 Å². The van der Waals surface area contributed by atoms with Crippen LogP contribution in [0.15, 0.2) is 24.4 Å². The van der Waals surface area contributed by atoms with Crippen LogP contribution in [0.1, 0.15) is 6.92 Å². The number of hydrogen-bond donors (Lipinski definition) is 2. The van der Waals surface area contributed by atoms with Crippen LogP contribution in [0.3, 0.4) is 0 Å². The maximum Gasteiger partial charge on any atom is 0.321 e. The number of ether oxygens (including phenoxy) is 1. The van der Waals surface area contributed by atoms with Crippen LogP contribution in [-0.2, 0) is 4.74 Å². The average molecular weight is 249 g/mol. The minimum Gasteiger partial charge on any atom is -0.380 e. The van der Waals surface area contributed by atoms with Crippen molar-refractivity contribution in [2.45, 2.75) is 6.92 Å². The summed E-state index contributed by atoms with van der Waals surface area (Å²) in [6, 6.07) is 5.17. The molecule has 7 heteroatoms. The fraction of sp³-hybridized carbons (Fsp3) is 0.364. The maximum atomic E-state index is 11.5. The van der Waals surface area contributed by atoms with Gasteiger partial charge in [0.25, 0.3) is 5.95 Å². The third kappa shape index (κ3) is 3.17. The standard InChI is InChI=1S/C11H15N5O2/c1-2-18-8-6-12-11(17)14-10-13-9-5-3-4-7-16(9)15-10/h3-5,7H,2,6,8H2,1H3,(H2,12,14,15,17). The summed E-state index contributed by atoms with van der Waals surface area (Å²) in [6.45, 7) is 3.48. The quantitative estimate of drug-likeness (QED) is 0.771. The highest BCUT2D eigenvalue weighted by Crippen LogP contribution is 2.03. The van der Waals surface area contributed by atoms with E-state index >= 15 is 0 Å². The van der Waals surface area contributed by atoms with Gasteiger partial charge in [-0.05, 0) is 19.1 Å². The molecule has 2 amide bonds. The van der Waals surface area contributed by atoms with E-state index in [1.54, 1.807) is 10.7 Å². The largest absolute Gasteiger partial charge is 0.380 e. The van der Waals surface area contributed by atoms with E-state index in [0.717, 1.165) is 0 Å². The Balaban J connectivity index is 1.86. The summed E-state index contributed by atoms with van der Waals surface area (Å²) in [5, 5.41) is 9.31. The molecule has 2 aromatic rings. The first-order valence-electron chi connectivity index (χ1n) is 5.73. The SMILES string of the molecule is CCOCCNC(=O)Nc1nc2ccccn2n1. The highest BCUT2D eigenvalue weighted by molar-refractivity contribution is 5.87. The highest BCUT2D eigenvalue weighted by atomic mass is 16.5. The fourth-order valence-electron chi connectivity index (χ4n) is 1.41. The van der Waals surface area contributed by atoms with Gasteiger partial charge in [0.1, 0.15) is 0 Å². The first-order valence-corrected chi connectivity index (χ1v) is 5.73. The molecule has 2 aromatic heterocycles. The minimum absolute atomic E-state index is 0.273. The van der Waals surface area contributed by atoms with Crippen LogP contribution in [0, 0.1) is 0 Å². The van der Waals surface area contributed by atoms with Crippen LogP contribution in [0.2, 0.25) is 0 Å². The molecule has 0 saturated carbocycles. The number of urea groups is 1. The number of fused-ring (bicyclic) bond motifs is 1. The Bertz CT molecular complexity index is 492. The number of hydrogen-bond acceptors (Lipinski definition) is 4. The molecule has 0 aliphatic heterocycles. The van der Waals surface area contributed by atoms with E-state index in [-0.39, 0.29) is 12.0 Å². The van der Waals surface area contributed by atoms with Gasteiger partial charge in [-0.25, -0.2) is 9.31 Å². The van der Waals surface area contributed by atoms with Gasteiger partial charge in [-0.1, -0.05) is 6.07 Å². The third-order valence-corrected chi connectivity index (χ3v) is 2.20. The predicted molar refractivity (Wildman–Crippen MR) is 66.5 cm³/mol. The number of carbonyl (C=O) groups is 1. The Morgan fingerprint density at radius 2 is 2.39 bits per heavy atom. The van der Waals surface area contributed by atoms with E-state index in [2.05, 4.69) is 20.7 Å². The zero-order valence-corrected chi connectivity index (χ0v) is 10.1. The second kappa shape index (κ2) is 5.97. The monoisotopic (exact) mass is 249 g/mol. The van der Waals surface area contributed by atoms with Crippen molar-refractivity contribution in [3.8, 4) is 0 Å². The number of nitrogens with zero attached hydrogens (tertiary/aromatic N) is 3. The fourth-order valence-corrected chi connectivity index (χ4v) is 1.41. The lowest BCUT2D eigenvalue weighted by molar-refractivity contribution is 0.150. The van der Waals surface area contributed by atoms with Crippen molar-refractivity contribution in [3.63, 3.8) is 0 Å². The normalized spacial score (nSPS) is 10.5. The molecule has 18 heavy (non-hydrogen) atoms. The van der Waals surface area contributed by atoms with Crippen LogP contribution in [0.5, 0.6) is 0 Å². The van der Waals surface area contributed by atoms with Gasteiger partial charge in [0.05, 0.1) is 6.61 Å². The van der Waals surface area contributed by atoms with Gasteiger partial charge in [-0.2, -0.15) is 4.98 Å². The lowest BCUT2D eigenvalue weighted by atomic mass is 10.5. The molecule has 0 spiro atoms. The zero-order valence-electron chi connectivity index (χ0n) is 10.1. The molecule has 2 heterocycles. The molecule has 0 saturated heterocycles. The second-order valence-electron chi connectivity index (χ2n) is 3.52. The van der Waals surface area contributed by atoms with E-state index in [0.29, 0.717) is 25.4 Å². The van der Waals surface area contributed by atoms with E-state index in [4.69, 9.17) is 4.74 Å². The molecule has 96 valence electrons. The summed E-state index contributed by atoms with van der Waals surface area (Å²) >= 11 is 0. The molecule has 0 aliphatic carbocycles. The minimum atomic E-state index is -0.342. The highest BCUT2D eigenvalue weighted by Gasteiger charge is 2.06. The number of carbonyl (C=O) groups excluding carboxylic acids is 1. The molecule has 0 aromatic carbocycles. The number of amides is 2. The van der Waals surface area contributed by atoms with E-state index in [1.807, 2.05) is 25.1 Å². The van der Waals surface area contributed by atoms with Crippen molar-refractivity contribution in [3.05, 3.63) is 24.4 Å². The van der Waals surface area contributed by atoms with Crippen molar-refractivity contribution in [1.82, 2.24) is 19.9 Å². The molecule has 0 aliphatic rings. The number of pyridine rings is 1. The maximum absolute atomic E-state index is 11.5. The second-order valence-corrected chi connectivity index (χ2v) is 3.52. The Kier molecular flexibility index (Phi) is 4.08. The number of anilines is 1. The first-order chi connectivity index (χ1) is 8.79. The van der Waals surface area contributed by atoms with Crippen LogP contribution in [0.25, 0.3) is 5.65 Å². The van der Waals surface area contributed by atoms with Crippen LogP contribution in [0.4, 0.5) is 10.7 Å². The summed E-state index contributed by atoms with van der Waals surface area (Å²) in [5.74, 6) is 0.273. The van der Waals surface area contributed by atoms with Gasteiger partial charge in [0.15, 0.2) is 5.65 Å². The van der Waals surface area contributed by atoms with Crippen LogP contribution in [-0.4, -0.2) is 40.4 Å². The van der Waals surface area contributed by atoms with Gasteiger partial charge in [-0.3, -0.25) is 5.32 Å². The Hall–Kier alpha value is -2.15. The van der Waals surface area contributed by atoms with Crippen molar-refractivity contribution in [1.29, 1.82) is 0 Å². The van der Waals surface area contributed by atoms with E-state index in [9.17, 15) is 4.79 Å². The molecule has 2 rings (SSSR count). The molecule has 0 unspecified atom stereocenters. The van der Waals surface area contributed by atoms with Gasteiger partial charge in [0, 0.05) is 19.3 Å². The van der Waals surface area contributed by atoms with Crippen LogP contribution >= 0.6 is 0 Å². The Morgan fingerprint density at radius 1 is 1.50 bits per heavy atom. The lowest BCUT2D eigenvalue weighted by Gasteiger charge is -2.04. The van der Waals surface area contributed by atoms with Crippen molar-refractivity contribution >= 4 is 17.6 Å². The number of nitrogens with one attached hydrogen (secondary N) is 2. The average Bonchev–Trinajstić information content (AvgIpc) is 2.76. The molecular weight excluding hydrogens is 234 g/mol. The topological polar surface area (TPSA) is 80.5 Å². The zero-order chi connectivity index (χ0) is 12.8. The summed E-state index contributed by atoms with van der Waals surface area (Å²) in [4.78, 5) is 15.6. The van der Waals surface area contributed by atoms with Crippen molar-refractivity contribution < 1.29 is 9.53 Å². The van der Waals surface area contributed by atoms with Crippen molar-refractivity contribution in [2.24, 2.45) is 0 Å². The Labute approximate surface area is 104 Å². The van der Waals surface area contributed by atoms with E-state index in [1.165, 1.54) is 0 Å². The molecule has 0 radical (unpaired) electrons. The van der Waals surface area contributed by atoms with Gasteiger partial charge >= 0.3 is 6.03 Å². The summed E-state index contributed by atoms with van der Waals surface area (Å²) in [6.07, 6.45) is 1.76. The molecule has 0 bridgehead atoms. The summed E-state index contributed by atoms with van der Waals surface area (Å²) in [5.41, 5.74) is 0.683. The molecule has 0 atom stereocenters. The molecular formula is C11H15N5O2. The molecule has 2 N–H and O–H groups in total. The smallest absolute Gasteiger partial charge is 0.321 e. The van der Waals surface area contributed by atoms with Gasteiger partial charge < -0.3 is 10.1 Å². The number of rotatable bonds is 5. The molecule has 0 fully saturated rings. The summed E-state index contributed by atoms with van der Waals surface area (Å²) in [7, 11) is 0. The van der Waals surface area contributed by atoms with Gasteiger partial charge in [0.2, 0.25) is 0 Å². The predicted octanol–water partition coefficient (Wildman–Crippen LogP) is 0.887. The number of aromatic nitrogens is 3. The Morgan fingerprint density at radius 3 is 3.17 bits per heavy atom. The molecule has 7 nitrogen and oxygen atoms in total. The summed E-state index contributed by atoms with van der Waals surface area (Å²) < 4.78 is 6.70. The third-order valence-electron chi connectivity index (χ3n) is 2.20. The van der Waals surface area contributed by atoms with E-state index < -0.39 is 0 Å². The van der Waals surface area contributed by atoms with Crippen molar-refractivity contribution in [2.75, 3.05) is 25.1 Å². The lowest BCUT2D eigenvalue weighted by Crippen LogP contribution is -2.31. The first kappa shape index (κ1) is 12.3. The van der Waals surface area contributed by atoms with Crippen LogP contribution < -0.4 is 10.6 Å².